The maximum atomic E-state index is 8.81. The molecule has 3 rings (SSSR count). The van der Waals surface area contributed by atoms with Crippen LogP contribution in [0.3, 0.4) is 0 Å². The number of hydrogen-bond acceptors (Lipinski definition) is 2. The minimum Gasteiger partial charge on any atom is -0.398 e. The Morgan fingerprint density at radius 2 is 1.71 bits per heavy atom. The van der Waals surface area contributed by atoms with Gasteiger partial charge in [0.05, 0.1) is 0 Å². The second-order valence-electron chi connectivity index (χ2n) is 3.94. The van der Waals surface area contributed by atoms with Gasteiger partial charge in [-0.25, -0.2) is 0 Å². The lowest BCUT2D eigenvalue weighted by molar-refractivity contribution is -0.106. The molecule has 0 heterocycles. The van der Waals surface area contributed by atoms with Gasteiger partial charge in [0.25, 0.3) is 0 Å². The average Bonchev–Trinajstić information content (AvgIpc) is 2.71. The highest BCUT2D eigenvalue weighted by molar-refractivity contribution is 5.81. The Morgan fingerprint density at radius 3 is 2.47 bits per heavy atom. The van der Waals surface area contributed by atoms with E-state index in [1.165, 1.54) is 29.2 Å². The maximum Gasteiger partial charge on any atom is 0.116 e. The molecule has 0 saturated heterocycles. The molecule has 0 unspecified atom stereocenters. The second-order valence-corrected chi connectivity index (χ2v) is 3.94. The predicted octanol–water partition coefficient (Wildman–Crippen LogP) is 3.05. The first-order valence-corrected chi connectivity index (χ1v) is 5.63. The third-order valence-corrected chi connectivity index (χ3v) is 2.89. The smallest absolute Gasteiger partial charge is 0.116 e. The van der Waals surface area contributed by atoms with E-state index in [1.54, 1.807) is 0 Å². The van der Waals surface area contributed by atoms with E-state index in [9.17, 15) is 0 Å². The Hall–Kier alpha value is -2.09. The van der Waals surface area contributed by atoms with Gasteiger partial charge in [0, 0.05) is 12.1 Å². The quantitative estimate of drug-likeness (QED) is 0.472. The molecular weight excluding hydrogens is 210 g/mol. The fourth-order valence-electron chi connectivity index (χ4n) is 2.18. The lowest BCUT2D eigenvalue weighted by Crippen LogP contribution is -1.91. The van der Waals surface area contributed by atoms with Crippen LogP contribution in [0.25, 0.3) is 11.1 Å². The van der Waals surface area contributed by atoms with Crippen molar-refractivity contribution in [2.45, 2.75) is 13.3 Å². The average molecular weight is 225 g/mol. The number of benzene rings is 2. The molecule has 2 N–H and O–H groups in total. The minimum absolute atomic E-state index is 0.750. The number of carbonyl (C=O) groups excluding carboxylic acids is 1. The Balaban J connectivity index is 0.000000329. The molecule has 0 saturated carbocycles. The van der Waals surface area contributed by atoms with Crippen LogP contribution >= 0.6 is 0 Å². The van der Waals surface area contributed by atoms with Crippen molar-refractivity contribution in [1.82, 2.24) is 0 Å². The molecule has 0 atom stereocenters. The van der Waals surface area contributed by atoms with E-state index in [4.69, 9.17) is 10.5 Å². The van der Waals surface area contributed by atoms with E-state index in [2.05, 4.69) is 30.3 Å². The molecule has 0 spiro atoms. The summed E-state index contributed by atoms with van der Waals surface area (Å²) in [6.07, 6.45) is 1.73. The Labute approximate surface area is 101 Å². The van der Waals surface area contributed by atoms with Crippen molar-refractivity contribution in [2.75, 3.05) is 5.73 Å². The van der Waals surface area contributed by atoms with Crippen LogP contribution in [0.1, 0.15) is 18.1 Å². The van der Waals surface area contributed by atoms with E-state index in [-0.39, 0.29) is 0 Å². The number of rotatable bonds is 0. The second kappa shape index (κ2) is 4.83. The predicted molar refractivity (Wildman–Crippen MR) is 70.8 cm³/mol. The van der Waals surface area contributed by atoms with Crippen molar-refractivity contribution >= 4 is 12.0 Å². The minimum atomic E-state index is 0.750. The molecule has 1 aliphatic carbocycles. The number of hydrogen-bond donors (Lipinski definition) is 1. The van der Waals surface area contributed by atoms with Crippen molar-refractivity contribution in [3.8, 4) is 11.1 Å². The fraction of sp³-hybridized carbons (Fsp3) is 0.133. The number of fused-ring (bicyclic) bond motifs is 3. The zero-order valence-electron chi connectivity index (χ0n) is 9.81. The molecule has 2 heteroatoms. The third-order valence-electron chi connectivity index (χ3n) is 2.89. The molecule has 86 valence electrons. The van der Waals surface area contributed by atoms with Crippen LogP contribution in [-0.2, 0) is 11.2 Å². The lowest BCUT2D eigenvalue weighted by Gasteiger charge is -2.02. The largest absolute Gasteiger partial charge is 0.398 e. The summed E-state index contributed by atoms with van der Waals surface area (Å²) < 4.78 is 0. The third kappa shape index (κ3) is 2.07. The van der Waals surface area contributed by atoms with Gasteiger partial charge in [-0.1, -0.05) is 36.4 Å². The molecule has 1 aliphatic rings. The number of nitrogen functional groups attached to an aromatic ring is 1. The van der Waals surface area contributed by atoms with E-state index in [0.29, 0.717) is 0 Å². The molecule has 0 radical (unpaired) electrons. The van der Waals surface area contributed by atoms with E-state index >= 15 is 0 Å². The lowest BCUT2D eigenvalue weighted by atomic mass is 10.1. The summed E-state index contributed by atoms with van der Waals surface area (Å²) in [6, 6.07) is 14.7. The normalized spacial score (nSPS) is 10.9. The summed E-state index contributed by atoms with van der Waals surface area (Å²) in [7, 11) is 0. The first-order valence-electron chi connectivity index (χ1n) is 5.63. The van der Waals surface area contributed by atoms with Crippen molar-refractivity contribution in [1.29, 1.82) is 0 Å². The fourth-order valence-corrected chi connectivity index (χ4v) is 2.18. The molecule has 0 aliphatic heterocycles. The molecule has 2 aromatic rings. The summed E-state index contributed by atoms with van der Waals surface area (Å²) in [6.45, 7) is 1.44. The zero-order valence-corrected chi connectivity index (χ0v) is 9.81. The van der Waals surface area contributed by atoms with Crippen molar-refractivity contribution < 1.29 is 4.79 Å². The molecular formula is C15H15NO. The number of nitrogens with two attached hydrogens (primary N) is 1. The number of aldehydes is 1. The molecule has 17 heavy (non-hydrogen) atoms. The molecule has 0 fully saturated rings. The first kappa shape index (κ1) is 11.4. The highest BCUT2D eigenvalue weighted by Crippen LogP contribution is 2.38. The monoisotopic (exact) mass is 225 g/mol. The van der Waals surface area contributed by atoms with E-state index in [1.807, 2.05) is 12.1 Å². The van der Waals surface area contributed by atoms with Crippen LogP contribution in [0.4, 0.5) is 5.69 Å². The summed E-state index contributed by atoms with van der Waals surface area (Å²) >= 11 is 0. The van der Waals surface area contributed by atoms with Gasteiger partial charge >= 0.3 is 0 Å². The highest BCUT2D eigenvalue weighted by Gasteiger charge is 2.18. The van der Waals surface area contributed by atoms with Crippen LogP contribution in [0.2, 0.25) is 0 Å². The standard InChI is InChI=1S/C13H11N.C2H4O/c14-13-7-3-6-11-10-5-2-1-4-9(10)8-12(11)13;1-2-3/h1-7H,8,14H2;2H,1H3. The van der Waals surface area contributed by atoms with E-state index in [0.717, 1.165) is 18.4 Å². The summed E-state index contributed by atoms with van der Waals surface area (Å²) in [5, 5.41) is 0. The van der Waals surface area contributed by atoms with Crippen LogP contribution in [0, 0.1) is 0 Å². The molecule has 2 aromatic carbocycles. The summed E-state index contributed by atoms with van der Waals surface area (Å²) in [5.41, 5.74) is 12.2. The molecule has 0 bridgehead atoms. The zero-order chi connectivity index (χ0) is 12.3. The van der Waals surface area contributed by atoms with Gasteiger partial charge in [0.15, 0.2) is 0 Å². The Kier molecular flexibility index (Phi) is 3.24. The molecule has 0 aromatic heterocycles. The van der Waals surface area contributed by atoms with Crippen molar-refractivity contribution in [2.24, 2.45) is 0 Å². The molecule has 0 amide bonds. The van der Waals surface area contributed by atoms with E-state index < -0.39 is 0 Å². The van der Waals surface area contributed by atoms with Gasteiger partial charge in [-0.3, -0.25) is 0 Å². The topological polar surface area (TPSA) is 43.1 Å². The summed E-state index contributed by atoms with van der Waals surface area (Å²) in [5.74, 6) is 0. The first-order chi connectivity index (χ1) is 8.27. The Bertz CT molecular complexity index is 546. The van der Waals surface area contributed by atoms with Crippen LogP contribution in [-0.4, -0.2) is 6.29 Å². The van der Waals surface area contributed by atoms with Crippen LogP contribution < -0.4 is 5.73 Å². The van der Waals surface area contributed by atoms with Gasteiger partial charge in [-0.15, -0.1) is 0 Å². The number of anilines is 1. The maximum absolute atomic E-state index is 8.81. The van der Waals surface area contributed by atoms with Gasteiger partial charge < -0.3 is 10.5 Å². The summed E-state index contributed by atoms with van der Waals surface area (Å²) in [4.78, 5) is 8.81. The van der Waals surface area contributed by atoms with Crippen molar-refractivity contribution in [3.63, 3.8) is 0 Å². The van der Waals surface area contributed by atoms with Gasteiger partial charge in [-0.05, 0) is 35.2 Å². The van der Waals surface area contributed by atoms with Gasteiger partial charge in [0.1, 0.15) is 6.29 Å². The van der Waals surface area contributed by atoms with Gasteiger partial charge in [0.2, 0.25) is 0 Å². The van der Waals surface area contributed by atoms with Crippen molar-refractivity contribution in [3.05, 3.63) is 53.6 Å². The van der Waals surface area contributed by atoms with Crippen LogP contribution in [0.5, 0.6) is 0 Å². The molecule has 2 nitrogen and oxygen atoms in total. The van der Waals surface area contributed by atoms with Crippen LogP contribution in [0.15, 0.2) is 42.5 Å². The van der Waals surface area contributed by atoms with Gasteiger partial charge in [-0.2, -0.15) is 0 Å². The number of carbonyl (C=O) groups is 1. The highest BCUT2D eigenvalue weighted by atomic mass is 16.1. The Morgan fingerprint density at radius 1 is 1.06 bits per heavy atom. The SMILES string of the molecule is CC=O.Nc1cccc2c1Cc1ccccc1-2.